The predicted molar refractivity (Wildman–Crippen MR) is 82.2 cm³/mol. The van der Waals surface area contributed by atoms with E-state index in [4.69, 9.17) is 0 Å². The molecule has 0 unspecified atom stereocenters. The molecular weight excluding hydrogens is 288 g/mol. The van der Waals surface area contributed by atoms with Crippen LogP contribution in [-0.2, 0) is 6.54 Å². The summed E-state index contributed by atoms with van der Waals surface area (Å²) in [5, 5.41) is 3.50. The van der Waals surface area contributed by atoms with Crippen LogP contribution in [0.2, 0.25) is 0 Å². The molecule has 1 aromatic rings. The minimum atomic E-state index is 0.746. The van der Waals surface area contributed by atoms with Gasteiger partial charge >= 0.3 is 0 Å². The normalized spacial score (nSPS) is 15.5. The van der Waals surface area contributed by atoms with Crippen LogP contribution in [0.1, 0.15) is 38.2 Å². The van der Waals surface area contributed by atoms with Gasteiger partial charge in [0.25, 0.3) is 0 Å². The maximum atomic E-state index is 3.58. The number of hydrogen-bond donors (Lipinski definition) is 1. The summed E-state index contributed by atoms with van der Waals surface area (Å²) in [6.07, 6.45) is 5.25. The molecule has 1 saturated carbocycles. The summed E-state index contributed by atoms with van der Waals surface area (Å²) in [5.41, 5.74) is 2.78. The first kappa shape index (κ1) is 13.9. The van der Waals surface area contributed by atoms with Gasteiger partial charge in [0.2, 0.25) is 0 Å². The number of hydrogen-bond acceptors (Lipinski definition) is 2. The van der Waals surface area contributed by atoms with Gasteiger partial charge in [-0.25, -0.2) is 0 Å². The first-order chi connectivity index (χ1) is 8.72. The van der Waals surface area contributed by atoms with Crippen LogP contribution in [0.5, 0.6) is 0 Å². The van der Waals surface area contributed by atoms with Gasteiger partial charge in [0.05, 0.1) is 0 Å². The number of nitrogens with zero attached hydrogens (tertiary/aromatic N) is 1. The molecule has 0 bridgehead atoms. The lowest BCUT2D eigenvalue weighted by Crippen LogP contribution is -2.37. The first-order valence-electron chi connectivity index (χ1n) is 6.94. The second-order valence-electron chi connectivity index (χ2n) is 5.15. The fourth-order valence-corrected chi connectivity index (χ4v) is 2.82. The summed E-state index contributed by atoms with van der Waals surface area (Å²) in [4.78, 5) is 2.46. The molecule has 1 aliphatic rings. The molecule has 100 valence electrons. The summed E-state index contributed by atoms with van der Waals surface area (Å²) < 4.78 is 1.17. The van der Waals surface area contributed by atoms with Crippen molar-refractivity contribution in [3.63, 3.8) is 0 Å². The van der Waals surface area contributed by atoms with Crippen molar-refractivity contribution in [3.8, 4) is 0 Å². The Labute approximate surface area is 119 Å². The fraction of sp³-hybridized carbons (Fsp3) is 0.600. The van der Waals surface area contributed by atoms with Crippen LogP contribution in [0.4, 0.5) is 5.69 Å². The quantitative estimate of drug-likeness (QED) is 0.801. The largest absolute Gasteiger partial charge is 0.371 e. The second-order valence-corrected chi connectivity index (χ2v) is 6.06. The van der Waals surface area contributed by atoms with Crippen molar-refractivity contribution in [1.82, 2.24) is 5.32 Å². The SMILES string of the molecule is CCCNCc1cc(Br)ccc1N(C)C1CCC1. The molecular formula is C15H23BrN2. The predicted octanol–water partition coefficient (Wildman–Crippen LogP) is 3.94. The summed E-state index contributed by atoms with van der Waals surface area (Å²) in [5.74, 6) is 0. The second kappa shape index (κ2) is 6.58. The minimum absolute atomic E-state index is 0.746. The van der Waals surface area contributed by atoms with E-state index in [1.54, 1.807) is 0 Å². The van der Waals surface area contributed by atoms with Crippen molar-refractivity contribution in [1.29, 1.82) is 0 Å². The highest BCUT2D eigenvalue weighted by Crippen LogP contribution is 2.31. The molecule has 0 amide bonds. The Balaban J connectivity index is 2.11. The number of rotatable bonds is 6. The molecule has 2 nitrogen and oxygen atoms in total. The lowest BCUT2D eigenvalue weighted by atomic mass is 9.91. The zero-order valence-corrected chi connectivity index (χ0v) is 13.0. The Morgan fingerprint density at radius 2 is 2.17 bits per heavy atom. The van der Waals surface area contributed by atoms with Gasteiger partial charge in [-0.15, -0.1) is 0 Å². The lowest BCUT2D eigenvalue weighted by Gasteiger charge is -2.37. The third-order valence-electron chi connectivity index (χ3n) is 3.79. The van der Waals surface area contributed by atoms with Crippen molar-refractivity contribution in [2.24, 2.45) is 0 Å². The van der Waals surface area contributed by atoms with Crippen LogP contribution in [0, 0.1) is 0 Å². The molecule has 0 aliphatic heterocycles. The molecule has 2 rings (SSSR count). The molecule has 0 spiro atoms. The van der Waals surface area contributed by atoms with E-state index in [-0.39, 0.29) is 0 Å². The van der Waals surface area contributed by atoms with Crippen LogP contribution in [0.15, 0.2) is 22.7 Å². The van der Waals surface area contributed by atoms with Gasteiger partial charge < -0.3 is 10.2 Å². The highest BCUT2D eigenvalue weighted by molar-refractivity contribution is 9.10. The minimum Gasteiger partial charge on any atom is -0.371 e. The number of benzene rings is 1. The van der Waals surface area contributed by atoms with Crippen LogP contribution >= 0.6 is 15.9 Å². The van der Waals surface area contributed by atoms with Crippen LogP contribution in [0.3, 0.4) is 0 Å². The summed E-state index contributed by atoms with van der Waals surface area (Å²) >= 11 is 3.58. The monoisotopic (exact) mass is 310 g/mol. The van der Waals surface area contributed by atoms with Gasteiger partial charge in [-0.3, -0.25) is 0 Å². The Hall–Kier alpha value is -0.540. The number of anilines is 1. The summed E-state index contributed by atoms with van der Waals surface area (Å²) in [7, 11) is 2.23. The van der Waals surface area contributed by atoms with Gasteiger partial charge in [-0.1, -0.05) is 22.9 Å². The molecule has 1 fully saturated rings. The molecule has 1 aliphatic carbocycles. The Morgan fingerprint density at radius 1 is 1.39 bits per heavy atom. The molecule has 0 radical (unpaired) electrons. The number of nitrogens with one attached hydrogen (secondary N) is 1. The molecule has 1 aromatic carbocycles. The zero-order valence-electron chi connectivity index (χ0n) is 11.4. The lowest BCUT2D eigenvalue weighted by molar-refractivity contribution is 0.400. The van der Waals surface area contributed by atoms with Gasteiger partial charge in [0.1, 0.15) is 0 Å². The molecule has 0 atom stereocenters. The van der Waals surface area contributed by atoms with Crippen molar-refractivity contribution in [2.75, 3.05) is 18.5 Å². The van der Waals surface area contributed by atoms with E-state index in [0.717, 1.165) is 19.1 Å². The molecule has 3 heteroatoms. The smallest absolute Gasteiger partial charge is 0.0412 e. The average Bonchev–Trinajstić information content (AvgIpc) is 2.27. The van der Waals surface area contributed by atoms with Crippen molar-refractivity contribution < 1.29 is 0 Å². The first-order valence-corrected chi connectivity index (χ1v) is 7.73. The fourth-order valence-electron chi connectivity index (χ4n) is 2.41. The van der Waals surface area contributed by atoms with Gasteiger partial charge in [-0.05, 0) is 56.0 Å². The Kier molecular flexibility index (Phi) is 5.07. The summed E-state index contributed by atoms with van der Waals surface area (Å²) in [6, 6.07) is 7.38. The molecule has 0 aromatic heterocycles. The van der Waals surface area contributed by atoms with E-state index < -0.39 is 0 Å². The van der Waals surface area contributed by atoms with E-state index in [1.165, 1.54) is 41.4 Å². The number of halogens is 1. The third-order valence-corrected chi connectivity index (χ3v) is 4.28. The van der Waals surface area contributed by atoms with Crippen LogP contribution in [0.25, 0.3) is 0 Å². The summed E-state index contributed by atoms with van der Waals surface area (Å²) in [6.45, 7) is 4.24. The zero-order chi connectivity index (χ0) is 13.0. The van der Waals surface area contributed by atoms with Gasteiger partial charge in [0.15, 0.2) is 0 Å². The standard InChI is InChI=1S/C15H23BrN2/c1-3-9-17-11-12-10-13(16)7-8-15(12)18(2)14-5-4-6-14/h7-8,10,14,17H,3-6,9,11H2,1-2H3. The van der Waals surface area contributed by atoms with Gasteiger partial charge in [0, 0.05) is 29.8 Å². The molecule has 0 saturated heterocycles. The Morgan fingerprint density at radius 3 is 2.78 bits per heavy atom. The van der Waals surface area contributed by atoms with Crippen molar-refractivity contribution >= 4 is 21.6 Å². The van der Waals surface area contributed by atoms with Gasteiger partial charge in [-0.2, -0.15) is 0 Å². The van der Waals surface area contributed by atoms with E-state index in [1.807, 2.05) is 0 Å². The highest BCUT2D eigenvalue weighted by atomic mass is 79.9. The van der Waals surface area contributed by atoms with E-state index in [9.17, 15) is 0 Å². The van der Waals surface area contributed by atoms with E-state index in [2.05, 4.69) is 58.3 Å². The van der Waals surface area contributed by atoms with E-state index >= 15 is 0 Å². The Bertz CT molecular complexity index is 388. The average molecular weight is 311 g/mol. The van der Waals surface area contributed by atoms with Crippen molar-refractivity contribution in [3.05, 3.63) is 28.2 Å². The third kappa shape index (κ3) is 3.27. The molecule has 0 heterocycles. The molecule has 18 heavy (non-hydrogen) atoms. The highest BCUT2D eigenvalue weighted by Gasteiger charge is 2.23. The topological polar surface area (TPSA) is 15.3 Å². The molecule has 1 N–H and O–H groups in total. The van der Waals surface area contributed by atoms with Crippen LogP contribution < -0.4 is 10.2 Å². The maximum Gasteiger partial charge on any atom is 0.0412 e. The van der Waals surface area contributed by atoms with Crippen LogP contribution in [-0.4, -0.2) is 19.6 Å². The maximum absolute atomic E-state index is 3.58. The van der Waals surface area contributed by atoms with Crippen molar-refractivity contribution in [2.45, 2.75) is 45.2 Å². The van der Waals surface area contributed by atoms with E-state index in [0.29, 0.717) is 0 Å².